The highest BCUT2D eigenvalue weighted by molar-refractivity contribution is 7.26. The van der Waals surface area contributed by atoms with Crippen molar-refractivity contribution in [1.82, 2.24) is 4.57 Å². The van der Waals surface area contributed by atoms with Crippen LogP contribution in [0.25, 0.3) is 80.7 Å². The number of anilines is 3. The summed E-state index contributed by atoms with van der Waals surface area (Å²) in [6, 6.07) is 75.1. The van der Waals surface area contributed by atoms with Gasteiger partial charge in [0.05, 0.1) is 11.0 Å². The standard InChI is InChI=1S/C52H34N2S/c1-3-11-35(12-4-1)36-19-25-41(26-20-36)53(43-29-32-50-48(34-43)45-17-9-10-18-49(45)54(50)40-14-5-2-6-15-40)42-27-21-37(22-28-42)39-24-30-46-47-31-23-38-13-7-8-16-44(38)52(47)55-51(46)33-39/h1-34H. The zero-order valence-electron chi connectivity index (χ0n) is 29.9. The molecule has 11 rings (SSSR count). The molecule has 0 fully saturated rings. The number of thiophene rings is 1. The van der Waals surface area contributed by atoms with E-state index in [9.17, 15) is 0 Å². The molecule has 0 radical (unpaired) electrons. The van der Waals surface area contributed by atoms with Gasteiger partial charge >= 0.3 is 0 Å². The quantitative estimate of drug-likeness (QED) is 0.166. The number of nitrogens with zero attached hydrogens (tertiary/aromatic N) is 2. The van der Waals surface area contributed by atoms with E-state index in [1.165, 1.54) is 75.0 Å². The Kier molecular flexibility index (Phi) is 7.39. The average Bonchev–Trinajstić information content (AvgIpc) is 3.80. The number of rotatable bonds is 6. The molecule has 0 aliphatic carbocycles. The third-order valence-corrected chi connectivity index (χ3v) is 12.2. The van der Waals surface area contributed by atoms with E-state index in [4.69, 9.17) is 0 Å². The molecular weight excluding hydrogens is 685 g/mol. The molecule has 9 aromatic carbocycles. The Morgan fingerprint density at radius 1 is 0.345 bits per heavy atom. The fourth-order valence-corrected chi connectivity index (χ4v) is 9.60. The zero-order valence-corrected chi connectivity index (χ0v) is 30.7. The predicted molar refractivity (Wildman–Crippen MR) is 237 cm³/mol. The SMILES string of the molecule is c1ccc(-c2ccc(N(c3ccc(-c4ccc5c(c4)sc4c6ccccc6ccc54)cc3)c3ccc4c(c3)c3ccccc3n4-c3ccccc3)cc2)cc1. The molecule has 0 aliphatic heterocycles. The van der Waals surface area contributed by atoms with Crippen LogP contribution >= 0.6 is 11.3 Å². The smallest absolute Gasteiger partial charge is 0.0542 e. The summed E-state index contributed by atoms with van der Waals surface area (Å²) in [7, 11) is 0. The number of fused-ring (bicyclic) bond motifs is 8. The number of benzene rings is 9. The molecule has 0 unspecified atom stereocenters. The van der Waals surface area contributed by atoms with Gasteiger partial charge in [0.1, 0.15) is 0 Å². The number of aromatic nitrogens is 1. The summed E-state index contributed by atoms with van der Waals surface area (Å²) < 4.78 is 5.05. The fourth-order valence-electron chi connectivity index (χ4n) is 8.32. The van der Waals surface area contributed by atoms with E-state index in [0.717, 1.165) is 22.7 Å². The maximum atomic E-state index is 2.38. The molecule has 0 N–H and O–H groups in total. The Balaban J connectivity index is 1.03. The van der Waals surface area contributed by atoms with Crippen molar-refractivity contribution in [3.63, 3.8) is 0 Å². The summed E-state index contributed by atoms with van der Waals surface area (Å²) in [5.74, 6) is 0. The second-order valence-corrected chi connectivity index (χ2v) is 15.2. The van der Waals surface area contributed by atoms with Crippen LogP contribution in [0.15, 0.2) is 206 Å². The van der Waals surface area contributed by atoms with Crippen LogP contribution < -0.4 is 4.90 Å². The zero-order chi connectivity index (χ0) is 36.3. The van der Waals surface area contributed by atoms with Crippen molar-refractivity contribution >= 4 is 81.1 Å². The van der Waals surface area contributed by atoms with Crippen LogP contribution in [0, 0.1) is 0 Å². The normalized spacial score (nSPS) is 11.6. The number of hydrogen-bond acceptors (Lipinski definition) is 2. The van der Waals surface area contributed by atoms with Gasteiger partial charge in [0, 0.05) is 53.7 Å². The minimum absolute atomic E-state index is 1.11. The van der Waals surface area contributed by atoms with Crippen molar-refractivity contribution in [3.05, 3.63) is 206 Å². The third-order valence-electron chi connectivity index (χ3n) is 11.0. The largest absolute Gasteiger partial charge is 0.310 e. The van der Waals surface area contributed by atoms with Crippen molar-refractivity contribution in [3.8, 4) is 27.9 Å². The van der Waals surface area contributed by atoms with E-state index >= 15 is 0 Å². The lowest BCUT2D eigenvalue weighted by molar-refractivity contribution is 1.18. The maximum absolute atomic E-state index is 2.38. The Labute approximate surface area is 323 Å². The van der Waals surface area contributed by atoms with Gasteiger partial charge in [-0.15, -0.1) is 11.3 Å². The average molecular weight is 719 g/mol. The molecule has 258 valence electrons. The molecule has 0 spiro atoms. The molecular formula is C52H34N2S. The first-order valence-electron chi connectivity index (χ1n) is 18.8. The topological polar surface area (TPSA) is 8.17 Å². The van der Waals surface area contributed by atoms with Gasteiger partial charge in [-0.05, 0) is 99.8 Å². The lowest BCUT2D eigenvalue weighted by Gasteiger charge is -2.26. The molecule has 0 atom stereocenters. The monoisotopic (exact) mass is 718 g/mol. The van der Waals surface area contributed by atoms with Crippen molar-refractivity contribution < 1.29 is 0 Å². The van der Waals surface area contributed by atoms with E-state index in [1.807, 2.05) is 11.3 Å². The van der Waals surface area contributed by atoms with Gasteiger partial charge in [-0.2, -0.15) is 0 Å². The second-order valence-electron chi connectivity index (χ2n) is 14.2. The summed E-state index contributed by atoms with van der Waals surface area (Å²) in [4.78, 5) is 2.38. The highest BCUT2D eigenvalue weighted by Gasteiger charge is 2.18. The highest BCUT2D eigenvalue weighted by atomic mass is 32.1. The summed E-state index contributed by atoms with van der Waals surface area (Å²) in [5.41, 5.74) is 11.7. The molecule has 2 heterocycles. The van der Waals surface area contributed by atoms with Gasteiger partial charge < -0.3 is 9.47 Å². The molecule has 11 aromatic rings. The molecule has 2 aromatic heterocycles. The van der Waals surface area contributed by atoms with Crippen LogP contribution in [0.5, 0.6) is 0 Å². The van der Waals surface area contributed by atoms with Gasteiger partial charge in [-0.3, -0.25) is 0 Å². The molecule has 2 nitrogen and oxygen atoms in total. The van der Waals surface area contributed by atoms with E-state index in [1.54, 1.807) is 0 Å². The van der Waals surface area contributed by atoms with Crippen LogP contribution in [0.1, 0.15) is 0 Å². The third kappa shape index (κ3) is 5.32. The summed E-state index contributed by atoms with van der Waals surface area (Å²) in [5, 5.41) is 7.73. The van der Waals surface area contributed by atoms with E-state index in [-0.39, 0.29) is 0 Å². The van der Waals surface area contributed by atoms with Gasteiger partial charge in [-0.1, -0.05) is 140 Å². The molecule has 0 saturated carbocycles. The van der Waals surface area contributed by atoms with Crippen molar-refractivity contribution in [2.75, 3.05) is 4.90 Å². The number of para-hydroxylation sites is 2. The minimum atomic E-state index is 1.11. The second kappa shape index (κ2) is 12.9. The summed E-state index contributed by atoms with van der Waals surface area (Å²) in [6.07, 6.45) is 0. The first-order chi connectivity index (χ1) is 27.3. The van der Waals surface area contributed by atoms with E-state index in [0.29, 0.717) is 0 Å². The Hall–Kier alpha value is -6.94. The lowest BCUT2D eigenvalue weighted by atomic mass is 10.0. The molecule has 0 bridgehead atoms. The molecule has 55 heavy (non-hydrogen) atoms. The molecule has 3 heteroatoms. The Bertz CT molecular complexity index is 3180. The Morgan fingerprint density at radius 3 is 1.67 bits per heavy atom. The maximum Gasteiger partial charge on any atom is 0.0542 e. The summed E-state index contributed by atoms with van der Waals surface area (Å²) in [6.45, 7) is 0. The van der Waals surface area contributed by atoms with Crippen LogP contribution in [-0.4, -0.2) is 4.57 Å². The predicted octanol–water partition coefficient (Wildman–Crippen LogP) is 15.1. The summed E-state index contributed by atoms with van der Waals surface area (Å²) >= 11 is 1.89. The fraction of sp³-hybridized carbons (Fsp3) is 0. The van der Waals surface area contributed by atoms with Crippen LogP contribution in [0.3, 0.4) is 0 Å². The van der Waals surface area contributed by atoms with Gasteiger partial charge in [0.25, 0.3) is 0 Å². The number of hydrogen-bond donors (Lipinski definition) is 0. The molecule has 0 saturated heterocycles. The van der Waals surface area contributed by atoms with Gasteiger partial charge in [0.15, 0.2) is 0 Å². The lowest BCUT2D eigenvalue weighted by Crippen LogP contribution is -2.10. The van der Waals surface area contributed by atoms with Crippen LogP contribution in [0.4, 0.5) is 17.1 Å². The molecule has 0 aliphatic rings. The Morgan fingerprint density at radius 2 is 0.909 bits per heavy atom. The minimum Gasteiger partial charge on any atom is -0.310 e. The van der Waals surface area contributed by atoms with Crippen molar-refractivity contribution in [2.24, 2.45) is 0 Å². The van der Waals surface area contributed by atoms with Crippen LogP contribution in [-0.2, 0) is 0 Å². The van der Waals surface area contributed by atoms with Crippen molar-refractivity contribution in [2.45, 2.75) is 0 Å². The first kappa shape index (κ1) is 31.6. The van der Waals surface area contributed by atoms with Gasteiger partial charge in [-0.25, -0.2) is 0 Å². The molecule has 0 amide bonds. The first-order valence-corrected chi connectivity index (χ1v) is 19.6. The van der Waals surface area contributed by atoms with E-state index in [2.05, 4.69) is 216 Å². The van der Waals surface area contributed by atoms with Gasteiger partial charge in [0.2, 0.25) is 0 Å². The highest BCUT2D eigenvalue weighted by Crippen LogP contribution is 2.43. The van der Waals surface area contributed by atoms with Crippen molar-refractivity contribution in [1.29, 1.82) is 0 Å². The van der Waals surface area contributed by atoms with Crippen LogP contribution in [0.2, 0.25) is 0 Å². The van der Waals surface area contributed by atoms with E-state index < -0.39 is 0 Å².